The van der Waals surface area contributed by atoms with Gasteiger partial charge >= 0.3 is 0 Å². The van der Waals surface area contributed by atoms with E-state index in [0.29, 0.717) is 41.7 Å². The van der Waals surface area contributed by atoms with Crippen molar-refractivity contribution in [1.29, 1.82) is 0 Å². The number of aromatic nitrogens is 2. The van der Waals surface area contributed by atoms with Crippen molar-refractivity contribution in [2.75, 3.05) is 13.2 Å². The lowest BCUT2D eigenvalue weighted by atomic mass is 10.2. The molecule has 1 N–H and O–H groups in total. The monoisotopic (exact) mass is 414 g/mol. The lowest BCUT2D eigenvalue weighted by Crippen LogP contribution is -2.20. The summed E-state index contributed by atoms with van der Waals surface area (Å²) in [5, 5.41) is 4.04. The lowest BCUT2D eigenvalue weighted by Gasteiger charge is -2.18. The Morgan fingerprint density at radius 2 is 2.08 bits per heavy atom. The number of carbonyl (C=O) groups is 1. The van der Waals surface area contributed by atoms with Gasteiger partial charge in [-0.2, -0.15) is 5.10 Å². The summed E-state index contributed by atoms with van der Waals surface area (Å²) in [6, 6.07) is 9.21. The maximum atomic E-state index is 12.5. The average Bonchev–Trinajstić information content (AvgIpc) is 2.96. The number of carbonyl (C=O) groups excluding carboxylic acids is 1. The van der Waals surface area contributed by atoms with Gasteiger partial charge in [-0.1, -0.05) is 0 Å². The lowest BCUT2D eigenvalue weighted by molar-refractivity contribution is 0.0948. The second-order valence-electron chi connectivity index (χ2n) is 5.72. The van der Waals surface area contributed by atoms with Gasteiger partial charge in [-0.25, -0.2) is 10.4 Å². The van der Waals surface area contributed by atoms with E-state index in [1.165, 1.54) is 0 Å². The van der Waals surface area contributed by atoms with Gasteiger partial charge in [0.15, 0.2) is 11.5 Å². The summed E-state index contributed by atoms with van der Waals surface area (Å²) in [6.45, 7) is 2.86. The predicted octanol–water partition coefficient (Wildman–Crippen LogP) is 2.94. The standard InChI is InChI=1S/C18H15BrN4O3/c1-11-17(23-10-13(19)3-5-16(23)21-11)18(24)22-20-9-12-2-4-14-15(8-12)26-7-6-25-14/h2-5,8-10H,6-7H2,1H3,(H,22,24). The maximum Gasteiger partial charge on any atom is 0.290 e. The van der Waals surface area contributed by atoms with Crippen LogP contribution in [0.4, 0.5) is 0 Å². The molecule has 3 heterocycles. The number of rotatable bonds is 3. The molecule has 132 valence electrons. The average molecular weight is 415 g/mol. The highest BCUT2D eigenvalue weighted by Gasteiger charge is 2.16. The fourth-order valence-electron chi connectivity index (χ4n) is 2.77. The number of nitrogens with zero attached hydrogens (tertiary/aromatic N) is 3. The number of benzene rings is 1. The molecule has 8 heteroatoms. The van der Waals surface area contributed by atoms with E-state index in [-0.39, 0.29) is 5.91 Å². The Labute approximate surface area is 157 Å². The molecule has 0 saturated heterocycles. The summed E-state index contributed by atoms with van der Waals surface area (Å²) < 4.78 is 13.6. The van der Waals surface area contributed by atoms with Crippen LogP contribution in [0.25, 0.3) is 5.65 Å². The Bertz CT molecular complexity index is 1030. The van der Waals surface area contributed by atoms with Crippen LogP contribution < -0.4 is 14.9 Å². The van der Waals surface area contributed by atoms with Gasteiger partial charge < -0.3 is 9.47 Å². The third-order valence-corrected chi connectivity index (χ3v) is 4.39. The predicted molar refractivity (Wildman–Crippen MR) is 100 cm³/mol. The van der Waals surface area contributed by atoms with Crippen LogP contribution >= 0.6 is 15.9 Å². The van der Waals surface area contributed by atoms with E-state index < -0.39 is 0 Å². The van der Waals surface area contributed by atoms with E-state index in [1.54, 1.807) is 23.7 Å². The number of imidazole rings is 1. The molecule has 26 heavy (non-hydrogen) atoms. The van der Waals surface area contributed by atoms with E-state index in [1.807, 2.05) is 30.3 Å². The zero-order valence-electron chi connectivity index (χ0n) is 13.9. The second-order valence-corrected chi connectivity index (χ2v) is 6.64. The first-order chi connectivity index (χ1) is 12.6. The number of fused-ring (bicyclic) bond motifs is 2. The minimum atomic E-state index is -0.332. The fourth-order valence-corrected chi connectivity index (χ4v) is 3.11. The van der Waals surface area contributed by atoms with Gasteiger partial charge in [0.1, 0.15) is 24.6 Å². The first kappa shape index (κ1) is 16.6. The molecule has 0 radical (unpaired) electrons. The highest BCUT2D eigenvalue weighted by atomic mass is 79.9. The number of hydrazone groups is 1. The minimum absolute atomic E-state index is 0.332. The SMILES string of the molecule is Cc1nc2ccc(Br)cn2c1C(=O)NN=Cc1ccc2c(c1)OCCO2. The molecule has 7 nitrogen and oxygen atoms in total. The van der Waals surface area contributed by atoms with Crippen LogP contribution in [0.1, 0.15) is 21.7 Å². The number of amides is 1. The molecule has 1 aromatic carbocycles. The van der Waals surface area contributed by atoms with Crippen molar-refractivity contribution in [3.05, 3.63) is 58.0 Å². The van der Waals surface area contributed by atoms with E-state index in [4.69, 9.17) is 9.47 Å². The molecule has 2 aromatic heterocycles. The largest absolute Gasteiger partial charge is 0.486 e. The Morgan fingerprint density at radius 1 is 1.27 bits per heavy atom. The third-order valence-electron chi connectivity index (χ3n) is 3.92. The number of aryl methyl sites for hydroxylation is 1. The van der Waals surface area contributed by atoms with Crippen LogP contribution in [0.5, 0.6) is 11.5 Å². The van der Waals surface area contributed by atoms with Gasteiger partial charge in [-0.15, -0.1) is 0 Å². The second kappa shape index (κ2) is 6.80. The summed E-state index contributed by atoms with van der Waals surface area (Å²) >= 11 is 3.41. The number of hydrogen-bond acceptors (Lipinski definition) is 5. The molecule has 3 aromatic rings. The van der Waals surface area contributed by atoms with E-state index in [0.717, 1.165) is 10.0 Å². The summed E-state index contributed by atoms with van der Waals surface area (Å²) in [6.07, 6.45) is 3.36. The van der Waals surface area contributed by atoms with Crippen molar-refractivity contribution in [1.82, 2.24) is 14.8 Å². The number of ether oxygens (including phenoxy) is 2. The maximum absolute atomic E-state index is 12.5. The van der Waals surface area contributed by atoms with E-state index in [2.05, 4.69) is 31.4 Å². The molecular weight excluding hydrogens is 400 g/mol. The Morgan fingerprint density at radius 3 is 2.92 bits per heavy atom. The highest BCUT2D eigenvalue weighted by Crippen LogP contribution is 2.30. The number of halogens is 1. The molecule has 0 saturated carbocycles. The molecule has 1 amide bonds. The molecule has 0 aliphatic carbocycles. The number of hydrogen-bond donors (Lipinski definition) is 1. The van der Waals surface area contributed by atoms with Crippen LogP contribution in [-0.2, 0) is 0 Å². The van der Waals surface area contributed by atoms with E-state index >= 15 is 0 Å². The molecule has 1 aliphatic rings. The van der Waals surface area contributed by atoms with Gasteiger partial charge in [-0.3, -0.25) is 9.20 Å². The van der Waals surface area contributed by atoms with Crippen LogP contribution in [0.3, 0.4) is 0 Å². The van der Waals surface area contributed by atoms with Gasteiger partial charge in [-0.05, 0) is 58.7 Å². The van der Waals surface area contributed by atoms with Crippen LogP contribution in [-0.4, -0.2) is 34.7 Å². The fraction of sp³-hybridized carbons (Fsp3) is 0.167. The van der Waals surface area contributed by atoms with Gasteiger partial charge in [0, 0.05) is 10.7 Å². The Hall–Kier alpha value is -2.87. The molecule has 0 bridgehead atoms. The molecule has 0 fully saturated rings. The molecule has 0 atom stereocenters. The van der Waals surface area contributed by atoms with Crippen molar-refractivity contribution in [3.8, 4) is 11.5 Å². The molecular formula is C18H15BrN4O3. The summed E-state index contributed by atoms with van der Waals surface area (Å²) in [5.74, 6) is 1.06. The van der Waals surface area contributed by atoms with Crippen molar-refractivity contribution in [2.24, 2.45) is 5.10 Å². The van der Waals surface area contributed by atoms with Crippen LogP contribution in [0, 0.1) is 6.92 Å². The van der Waals surface area contributed by atoms with Gasteiger partial charge in [0.25, 0.3) is 5.91 Å². The molecule has 0 unspecified atom stereocenters. The van der Waals surface area contributed by atoms with Crippen molar-refractivity contribution in [2.45, 2.75) is 6.92 Å². The third kappa shape index (κ3) is 3.15. The normalized spacial score (nSPS) is 13.3. The smallest absolute Gasteiger partial charge is 0.290 e. The number of pyridine rings is 1. The van der Waals surface area contributed by atoms with Crippen LogP contribution in [0.15, 0.2) is 46.1 Å². The van der Waals surface area contributed by atoms with Crippen molar-refractivity contribution in [3.63, 3.8) is 0 Å². The Kier molecular flexibility index (Phi) is 4.34. The first-order valence-electron chi connectivity index (χ1n) is 7.99. The zero-order chi connectivity index (χ0) is 18.1. The summed E-state index contributed by atoms with van der Waals surface area (Å²) in [5.41, 5.74) is 5.13. The molecule has 4 rings (SSSR count). The minimum Gasteiger partial charge on any atom is -0.486 e. The summed E-state index contributed by atoms with van der Waals surface area (Å²) in [7, 11) is 0. The quantitative estimate of drug-likeness (QED) is 0.527. The number of nitrogens with one attached hydrogen (secondary N) is 1. The zero-order valence-corrected chi connectivity index (χ0v) is 15.5. The van der Waals surface area contributed by atoms with Crippen molar-refractivity contribution >= 4 is 33.7 Å². The molecule has 0 spiro atoms. The van der Waals surface area contributed by atoms with Gasteiger partial charge in [0.05, 0.1) is 11.9 Å². The van der Waals surface area contributed by atoms with Crippen LogP contribution in [0.2, 0.25) is 0 Å². The van der Waals surface area contributed by atoms with Crippen molar-refractivity contribution < 1.29 is 14.3 Å². The van der Waals surface area contributed by atoms with Gasteiger partial charge in [0.2, 0.25) is 0 Å². The topological polar surface area (TPSA) is 77.2 Å². The molecule has 1 aliphatic heterocycles. The van der Waals surface area contributed by atoms with E-state index in [9.17, 15) is 4.79 Å². The first-order valence-corrected chi connectivity index (χ1v) is 8.78. The summed E-state index contributed by atoms with van der Waals surface area (Å²) in [4.78, 5) is 16.9. The Balaban J connectivity index is 1.53. The highest BCUT2D eigenvalue weighted by molar-refractivity contribution is 9.10.